The van der Waals surface area contributed by atoms with Gasteiger partial charge in [0.25, 0.3) is 5.56 Å². The zero-order valence-electron chi connectivity index (χ0n) is 18.2. The summed E-state index contributed by atoms with van der Waals surface area (Å²) >= 11 is 0. The first-order valence-corrected chi connectivity index (χ1v) is 9.97. The van der Waals surface area contributed by atoms with Crippen LogP contribution in [0, 0.1) is 11.8 Å². The van der Waals surface area contributed by atoms with Crippen LogP contribution in [0.15, 0.2) is 66.0 Å². The van der Waals surface area contributed by atoms with Gasteiger partial charge in [0.2, 0.25) is 5.88 Å². The maximum atomic E-state index is 12.1. The summed E-state index contributed by atoms with van der Waals surface area (Å²) in [6, 6.07) is 14.0. The summed E-state index contributed by atoms with van der Waals surface area (Å²) in [7, 11) is 3.29. The van der Waals surface area contributed by atoms with Crippen LogP contribution in [-0.4, -0.2) is 32.5 Å². The molecule has 4 rings (SSSR count). The van der Waals surface area contributed by atoms with Crippen LogP contribution < -0.4 is 20.5 Å². The predicted molar refractivity (Wildman–Crippen MR) is 126 cm³/mol. The number of aromatic nitrogens is 4. The highest BCUT2D eigenvalue weighted by atomic mass is 16.5. The monoisotopic (exact) mass is 440 g/mol. The number of carbonyl (C=O) groups is 1. The Bertz CT molecular complexity index is 1450. The zero-order valence-corrected chi connectivity index (χ0v) is 18.2. The van der Waals surface area contributed by atoms with Gasteiger partial charge in [-0.15, -0.1) is 0 Å². The molecule has 9 nitrogen and oxygen atoms in total. The van der Waals surface area contributed by atoms with E-state index in [2.05, 4.69) is 32.1 Å². The van der Waals surface area contributed by atoms with Crippen LogP contribution in [0.3, 0.4) is 0 Å². The number of carbonyl (C=O) groups excluding carboxylic acids is 1. The molecule has 0 saturated heterocycles. The lowest BCUT2D eigenvalue weighted by Crippen LogP contribution is -2.24. The number of benzene rings is 2. The molecule has 0 aliphatic carbocycles. The predicted octanol–water partition coefficient (Wildman–Crippen LogP) is 3.25. The first-order chi connectivity index (χ1) is 15.9. The molecular formula is C24H20N6O3. The Morgan fingerprint density at radius 3 is 2.61 bits per heavy atom. The molecule has 164 valence electrons. The van der Waals surface area contributed by atoms with Crippen molar-refractivity contribution in [3.63, 3.8) is 0 Å². The summed E-state index contributed by atoms with van der Waals surface area (Å²) in [5.74, 6) is 6.19. The number of anilines is 3. The van der Waals surface area contributed by atoms with Crippen molar-refractivity contribution in [2.75, 3.05) is 17.3 Å². The lowest BCUT2D eigenvalue weighted by atomic mass is 10.2. The summed E-state index contributed by atoms with van der Waals surface area (Å²) < 4.78 is 7.01. The molecule has 0 atom stereocenters. The number of rotatable bonds is 5. The lowest BCUT2D eigenvalue weighted by molar-refractivity contribution is -0.113. The third-order valence-electron chi connectivity index (χ3n) is 4.84. The Morgan fingerprint density at radius 2 is 1.88 bits per heavy atom. The van der Waals surface area contributed by atoms with Crippen LogP contribution in [-0.2, 0) is 11.8 Å². The molecule has 0 aliphatic heterocycles. The summed E-state index contributed by atoms with van der Waals surface area (Å²) in [6.45, 7) is 1.62. The van der Waals surface area contributed by atoms with E-state index in [4.69, 9.17) is 4.74 Å². The molecular weight excluding hydrogens is 420 g/mol. The molecule has 0 unspecified atom stereocenters. The number of hydrogen-bond acceptors (Lipinski definition) is 7. The third-order valence-corrected chi connectivity index (χ3v) is 4.84. The van der Waals surface area contributed by atoms with Crippen molar-refractivity contribution in [3.05, 3.63) is 71.5 Å². The van der Waals surface area contributed by atoms with Gasteiger partial charge < -0.3 is 19.5 Å². The molecule has 1 N–H and O–H groups in total. The second kappa shape index (κ2) is 9.20. The van der Waals surface area contributed by atoms with E-state index >= 15 is 0 Å². The smallest absolute Gasteiger partial charge is 0.302 e. The molecule has 0 radical (unpaired) electrons. The summed E-state index contributed by atoms with van der Waals surface area (Å²) in [6.07, 6.45) is 2.88. The Labute approximate surface area is 189 Å². The molecule has 4 aromatic rings. The first-order valence-electron chi connectivity index (χ1n) is 9.97. The molecule has 9 heteroatoms. The number of amides is 1. The van der Waals surface area contributed by atoms with Crippen LogP contribution in [0.1, 0.15) is 6.92 Å². The van der Waals surface area contributed by atoms with Crippen molar-refractivity contribution in [2.45, 2.75) is 6.92 Å². The summed E-state index contributed by atoms with van der Waals surface area (Å²) in [4.78, 5) is 38.1. The van der Waals surface area contributed by atoms with Gasteiger partial charge in [-0.05, 0) is 55.3 Å². The molecule has 0 fully saturated rings. The Kier molecular flexibility index (Phi) is 6.00. The van der Waals surface area contributed by atoms with Gasteiger partial charge in [0, 0.05) is 30.9 Å². The van der Waals surface area contributed by atoms with Gasteiger partial charge in [-0.3, -0.25) is 9.59 Å². The standard InChI is InChI=1S/C24H20N6O3/c1-4-5-22(31)30(3)17-8-11-20-19(12-17)24(26-14-25-20)28-16-6-9-18(10-7-16)33-21-13-23(32)29(2)15-27-21/h6-15H,1-3H3,(H,25,26,28). The molecule has 0 spiro atoms. The maximum absolute atomic E-state index is 12.1. The van der Waals surface area contributed by atoms with Crippen LogP contribution in [0.2, 0.25) is 0 Å². The fourth-order valence-electron chi connectivity index (χ4n) is 3.03. The number of nitrogens with zero attached hydrogens (tertiary/aromatic N) is 5. The highest BCUT2D eigenvalue weighted by Gasteiger charge is 2.12. The third kappa shape index (κ3) is 4.80. The fourth-order valence-corrected chi connectivity index (χ4v) is 3.03. The molecule has 2 aromatic heterocycles. The maximum Gasteiger partial charge on any atom is 0.302 e. The second-order valence-corrected chi connectivity index (χ2v) is 7.09. The average molecular weight is 440 g/mol. The van der Waals surface area contributed by atoms with E-state index in [1.165, 1.54) is 28.2 Å². The number of aryl methyl sites for hydroxylation is 1. The van der Waals surface area contributed by atoms with Crippen LogP contribution in [0.25, 0.3) is 10.9 Å². The SMILES string of the molecule is CC#CC(=O)N(C)c1ccc2ncnc(Nc3ccc(Oc4cc(=O)n(C)cn4)cc3)c2c1. The minimum atomic E-state index is -0.301. The lowest BCUT2D eigenvalue weighted by Gasteiger charge is -2.16. The van der Waals surface area contributed by atoms with Crippen LogP contribution in [0.5, 0.6) is 11.6 Å². The fraction of sp³-hybridized carbons (Fsp3) is 0.125. The molecule has 2 aromatic carbocycles. The molecule has 2 heterocycles. The normalized spacial score (nSPS) is 10.3. The van der Waals surface area contributed by atoms with E-state index < -0.39 is 0 Å². The van der Waals surface area contributed by atoms with E-state index in [1.807, 2.05) is 30.3 Å². The van der Waals surface area contributed by atoms with E-state index in [1.54, 1.807) is 33.2 Å². The number of ether oxygens (including phenoxy) is 1. The second-order valence-electron chi connectivity index (χ2n) is 7.09. The minimum Gasteiger partial charge on any atom is -0.439 e. The van der Waals surface area contributed by atoms with Crippen LogP contribution in [0.4, 0.5) is 17.2 Å². The largest absolute Gasteiger partial charge is 0.439 e. The van der Waals surface area contributed by atoms with E-state index in [9.17, 15) is 9.59 Å². The molecule has 1 amide bonds. The van der Waals surface area contributed by atoms with Crippen molar-refractivity contribution >= 4 is 34.0 Å². The molecule has 0 saturated carbocycles. The molecule has 0 bridgehead atoms. The molecule has 33 heavy (non-hydrogen) atoms. The van der Waals surface area contributed by atoms with Crippen molar-refractivity contribution in [3.8, 4) is 23.5 Å². The van der Waals surface area contributed by atoms with Crippen molar-refractivity contribution in [2.24, 2.45) is 7.05 Å². The van der Waals surface area contributed by atoms with E-state index in [0.717, 1.165) is 16.6 Å². The Hall–Kier alpha value is -4.71. The Balaban J connectivity index is 1.57. The first kappa shape index (κ1) is 21.5. The summed E-state index contributed by atoms with van der Waals surface area (Å²) in [5, 5.41) is 4.02. The number of nitrogens with one attached hydrogen (secondary N) is 1. The van der Waals surface area contributed by atoms with Gasteiger partial charge in [0.15, 0.2) is 0 Å². The zero-order chi connectivity index (χ0) is 23.4. The Morgan fingerprint density at radius 1 is 1.09 bits per heavy atom. The molecule has 0 aliphatic rings. The van der Waals surface area contributed by atoms with Gasteiger partial charge in [0.05, 0.1) is 11.6 Å². The average Bonchev–Trinajstić information content (AvgIpc) is 2.82. The van der Waals surface area contributed by atoms with Gasteiger partial charge in [-0.1, -0.05) is 5.92 Å². The van der Waals surface area contributed by atoms with Gasteiger partial charge in [-0.25, -0.2) is 15.0 Å². The van der Waals surface area contributed by atoms with E-state index in [-0.39, 0.29) is 17.3 Å². The van der Waals surface area contributed by atoms with Gasteiger partial charge in [0.1, 0.15) is 24.2 Å². The van der Waals surface area contributed by atoms with Crippen molar-refractivity contribution < 1.29 is 9.53 Å². The van der Waals surface area contributed by atoms with Crippen molar-refractivity contribution in [1.82, 2.24) is 19.5 Å². The number of fused-ring (bicyclic) bond motifs is 1. The summed E-state index contributed by atoms with van der Waals surface area (Å²) in [5.41, 5.74) is 1.97. The minimum absolute atomic E-state index is 0.206. The quantitative estimate of drug-likeness (QED) is 0.475. The highest BCUT2D eigenvalue weighted by Crippen LogP contribution is 2.28. The topological polar surface area (TPSA) is 102 Å². The van der Waals surface area contributed by atoms with Gasteiger partial charge >= 0.3 is 5.91 Å². The van der Waals surface area contributed by atoms with Crippen LogP contribution >= 0.6 is 0 Å². The number of hydrogen-bond donors (Lipinski definition) is 1. The van der Waals surface area contributed by atoms with Crippen molar-refractivity contribution in [1.29, 1.82) is 0 Å². The van der Waals surface area contributed by atoms with E-state index in [0.29, 0.717) is 17.3 Å². The van der Waals surface area contributed by atoms with Gasteiger partial charge in [-0.2, -0.15) is 0 Å². The highest BCUT2D eigenvalue weighted by molar-refractivity contribution is 6.06.